The second kappa shape index (κ2) is 8.23. The van der Waals surface area contributed by atoms with Crippen molar-refractivity contribution in [2.75, 3.05) is 18.8 Å². The largest absolute Gasteiger partial charge is 0.441 e. The molecule has 1 unspecified atom stereocenters. The molecular weight excluding hydrogens is 235 g/mol. The van der Waals surface area contributed by atoms with Gasteiger partial charge in [-0.25, -0.2) is 0 Å². The fourth-order valence-corrected chi connectivity index (χ4v) is 2.05. The summed E-state index contributed by atoms with van der Waals surface area (Å²) < 4.78 is 35.7. The van der Waals surface area contributed by atoms with Crippen LogP contribution < -0.4 is 5.32 Å². The van der Waals surface area contributed by atoms with Gasteiger partial charge in [0.05, 0.1) is 0 Å². The molecule has 0 saturated carbocycles. The van der Waals surface area contributed by atoms with Crippen LogP contribution in [0.1, 0.15) is 33.6 Å². The molecule has 1 atom stereocenters. The summed E-state index contributed by atoms with van der Waals surface area (Å²) in [5.74, 6) is 1.11. The first-order chi connectivity index (χ1) is 7.35. The van der Waals surface area contributed by atoms with Crippen molar-refractivity contribution in [3.8, 4) is 0 Å². The predicted octanol–water partition coefficient (Wildman–Crippen LogP) is 3.90. The average Bonchev–Trinajstić information content (AvgIpc) is 2.13. The van der Waals surface area contributed by atoms with Crippen LogP contribution in [-0.2, 0) is 0 Å². The Morgan fingerprint density at radius 1 is 1.19 bits per heavy atom. The van der Waals surface area contributed by atoms with Gasteiger partial charge < -0.3 is 5.32 Å². The van der Waals surface area contributed by atoms with Gasteiger partial charge in [0.15, 0.2) is 0 Å². The average molecular weight is 257 g/mol. The molecule has 0 heterocycles. The summed E-state index contributed by atoms with van der Waals surface area (Å²) in [6, 6.07) is 0. The zero-order valence-corrected chi connectivity index (χ0v) is 11.0. The van der Waals surface area contributed by atoms with Crippen LogP contribution in [0.4, 0.5) is 13.2 Å². The van der Waals surface area contributed by atoms with Crippen LogP contribution in [0.2, 0.25) is 0 Å². The lowest BCUT2D eigenvalue weighted by Gasteiger charge is -2.16. The van der Waals surface area contributed by atoms with Gasteiger partial charge in [0.25, 0.3) is 0 Å². The Hall–Kier alpha value is 0.1000. The molecule has 0 aliphatic rings. The van der Waals surface area contributed by atoms with Crippen molar-refractivity contribution in [2.24, 2.45) is 11.8 Å². The van der Waals surface area contributed by atoms with E-state index in [9.17, 15) is 13.2 Å². The second-order valence-corrected chi connectivity index (χ2v) is 5.57. The molecular formula is C11H22F3NS. The number of nitrogens with one attached hydrogen (secondary N) is 1. The Morgan fingerprint density at radius 2 is 1.81 bits per heavy atom. The number of alkyl halides is 3. The van der Waals surface area contributed by atoms with Crippen LogP contribution in [0.5, 0.6) is 0 Å². The highest BCUT2D eigenvalue weighted by atomic mass is 32.2. The molecule has 0 aromatic carbocycles. The molecule has 0 aliphatic carbocycles. The Kier molecular flexibility index (Phi) is 8.28. The monoisotopic (exact) mass is 257 g/mol. The van der Waals surface area contributed by atoms with E-state index in [2.05, 4.69) is 19.2 Å². The van der Waals surface area contributed by atoms with Crippen LogP contribution in [-0.4, -0.2) is 24.4 Å². The molecule has 0 aromatic rings. The van der Waals surface area contributed by atoms with Crippen LogP contribution in [0, 0.1) is 11.8 Å². The number of hydrogen-bond acceptors (Lipinski definition) is 2. The molecule has 1 nitrogen and oxygen atoms in total. The Balaban J connectivity index is 3.59. The molecule has 0 radical (unpaired) electrons. The minimum absolute atomic E-state index is 0.0892. The van der Waals surface area contributed by atoms with Crippen LogP contribution in [0.15, 0.2) is 0 Å². The maximum atomic E-state index is 11.9. The van der Waals surface area contributed by atoms with E-state index in [4.69, 9.17) is 0 Å². The quantitative estimate of drug-likeness (QED) is 0.707. The summed E-state index contributed by atoms with van der Waals surface area (Å²) in [6.07, 6.45) is 1.56. The van der Waals surface area contributed by atoms with Gasteiger partial charge in [0.2, 0.25) is 0 Å². The summed E-state index contributed by atoms with van der Waals surface area (Å²) >= 11 is 0.0892. The fourth-order valence-electron chi connectivity index (χ4n) is 1.37. The van der Waals surface area contributed by atoms with Crippen LogP contribution in [0.3, 0.4) is 0 Å². The first-order valence-corrected chi connectivity index (χ1v) is 6.75. The normalized spacial score (nSPS) is 14.4. The molecule has 0 amide bonds. The van der Waals surface area contributed by atoms with Crippen molar-refractivity contribution in [1.82, 2.24) is 5.32 Å². The van der Waals surface area contributed by atoms with E-state index >= 15 is 0 Å². The summed E-state index contributed by atoms with van der Waals surface area (Å²) in [6.45, 7) is 8.02. The van der Waals surface area contributed by atoms with Crippen LogP contribution >= 0.6 is 11.8 Å². The minimum atomic E-state index is -4.08. The van der Waals surface area contributed by atoms with Crippen molar-refractivity contribution >= 4 is 11.8 Å². The zero-order chi connectivity index (χ0) is 12.6. The Bertz CT molecular complexity index is 171. The number of halogens is 3. The van der Waals surface area contributed by atoms with E-state index in [1.165, 1.54) is 0 Å². The van der Waals surface area contributed by atoms with E-state index in [0.29, 0.717) is 18.3 Å². The molecule has 0 rings (SSSR count). The van der Waals surface area contributed by atoms with Gasteiger partial charge >= 0.3 is 5.51 Å². The molecule has 1 N–H and O–H groups in total. The SMILES string of the molecule is CCC(CCSC(F)(F)F)CNCC(C)C. The maximum absolute atomic E-state index is 11.9. The molecule has 0 spiro atoms. The summed E-state index contributed by atoms with van der Waals surface area (Å²) in [5, 5.41) is 3.29. The lowest BCUT2D eigenvalue weighted by Crippen LogP contribution is -2.26. The smallest absolute Gasteiger partial charge is 0.316 e. The van der Waals surface area contributed by atoms with Crippen molar-refractivity contribution in [2.45, 2.75) is 39.1 Å². The molecule has 0 aliphatic heterocycles. The van der Waals surface area contributed by atoms with Crippen molar-refractivity contribution in [3.63, 3.8) is 0 Å². The third-order valence-corrected chi connectivity index (χ3v) is 3.12. The predicted molar refractivity (Wildman–Crippen MR) is 64.6 cm³/mol. The van der Waals surface area contributed by atoms with Gasteiger partial charge in [-0.3, -0.25) is 0 Å². The second-order valence-electron chi connectivity index (χ2n) is 4.41. The van der Waals surface area contributed by atoms with Gasteiger partial charge in [0.1, 0.15) is 0 Å². The maximum Gasteiger partial charge on any atom is 0.441 e. The standard InChI is InChI=1S/C11H22F3NS/c1-4-10(8-15-7-9(2)3)5-6-16-11(12,13)14/h9-10,15H,4-8H2,1-3H3. The minimum Gasteiger partial charge on any atom is -0.316 e. The summed E-state index contributed by atoms with van der Waals surface area (Å²) in [5.41, 5.74) is -4.08. The summed E-state index contributed by atoms with van der Waals surface area (Å²) in [4.78, 5) is 0. The van der Waals surface area contributed by atoms with Crippen molar-refractivity contribution in [1.29, 1.82) is 0 Å². The Morgan fingerprint density at radius 3 is 2.25 bits per heavy atom. The third kappa shape index (κ3) is 10.6. The van der Waals surface area contributed by atoms with Gasteiger partial charge in [-0.05, 0) is 31.3 Å². The molecule has 0 aromatic heterocycles. The highest BCUT2D eigenvalue weighted by molar-refractivity contribution is 8.00. The van der Waals surface area contributed by atoms with E-state index in [0.717, 1.165) is 19.5 Å². The number of thioether (sulfide) groups is 1. The first-order valence-electron chi connectivity index (χ1n) is 5.76. The molecule has 0 saturated heterocycles. The molecule has 0 fully saturated rings. The van der Waals surface area contributed by atoms with Gasteiger partial charge in [-0.15, -0.1) is 0 Å². The number of hydrogen-bond donors (Lipinski definition) is 1. The van der Waals surface area contributed by atoms with E-state index < -0.39 is 5.51 Å². The molecule has 98 valence electrons. The van der Waals surface area contributed by atoms with Crippen LogP contribution in [0.25, 0.3) is 0 Å². The lowest BCUT2D eigenvalue weighted by molar-refractivity contribution is -0.0328. The van der Waals surface area contributed by atoms with E-state index in [-0.39, 0.29) is 17.5 Å². The molecule has 0 bridgehead atoms. The zero-order valence-electron chi connectivity index (χ0n) is 10.2. The van der Waals surface area contributed by atoms with Gasteiger partial charge in [-0.1, -0.05) is 39.0 Å². The van der Waals surface area contributed by atoms with Crippen molar-refractivity contribution < 1.29 is 13.2 Å². The first kappa shape index (κ1) is 16.1. The fraction of sp³-hybridized carbons (Fsp3) is 1.00. The summed E-state index contributed by atoms with van der Waals surface area (Å²) in [7, 11) is 0. The van der Waals surface area contributed by atoms with Gasteiger partial charge in [-0.2, -0.15) is 13.2 Å². The van der Waals surface area contributed by atoms with E-state index in [1.807, 2.05) is 6.92 Å². The molecule has 5 heteroatoms. The highest BCUT2D eigenvalue weighted by Crippen LogP contribution is 2.31. The van der Waals surface area contributed by atoms with E-state index in [1.54, 1.807) is 0 Å². The lowest BCUT2D eigenvalue weighted by atomic mass is 10.0. The number of rotatable bonds is 8. The molecule has 16 heavy (non-hydrogen) atoms. The highest BCUT2D eigenvalue weighted by Gasteiger charge is 2.27. The Labute approximate surface area is 101 Å². The third-order valence-electron chi connectivity index (χ3n) is 2.35. The topological polar surface area (TPSA) is 12.0 Å². The van der Waals surface area contributed by atoms with Crippen molar-refractivity contribution in [3.05, 3.63) is 0 Å². The van der Waals surface area contributed by atoms with Gasteiger partial charge in [0, 0.05) is 5.75 Å².